The van der Waals surface area contributed by atoms with Crippen LogP contribution < -0.4 is 10.6 Å². The SMILES string of the molecule is CCCNC(=O)[C@@H]1[C@@H]2CCC3(O2)C(C(=O)NC(C)(C)C)N(CCCCO)C(=O)[C@H]13. The Labute approximate surface area is 172 Å². The molecule has 3 N–H and O–H groups in total. The lowest BCUT2D eigenvalue weighted by Gasteiger charge is -2.35. The molecule has 0 aliphatic carbocycles. The van der Waals surface area contributed by atoms with Crippen LogP contribution in [0.5, 0.6) is 0 Å². The first kappa shape index (κ1) is 22.0. The van der Waals surface area contributed by atoms with Crippen molar-refractivity contribution >= 4 is 17.7 Å². The van der Waals surface area contributed by atoms with E-state index in [9.17, 15) is 14.4 Å². The minimum absolute atomic E-state index is 0.0378. The van der Waals surface area contributed by atoms with Gasteiger partial charge in [0.25, 0.3) is 0 Å². The number of aliphatic hydroxyl groups excluding tert-OH is 1. The van der Waals surface area contributed by atoms with Gasteiger partial charge >= 0.3 is 0 Å². The Morgan fingerprint density at radius 2 is 2.00 bits per heavy atom. The fourth-order valence-corrected chi connectivity index (χ4v) is 5.19. The summed E-state index contributed by atoms with van der Waals surface area (Å²) in [7, 11) is 0. The molecule has 29 heavy (non-hydrogen) atoms. The lowest BCUT2D eigenvalue weighted by molar-refractivity contribution is -0.142. The maximum Gasteiger partial charge on any atom is 0.246 e. The molecular weight excluding hydrogens is 374 g/mol. The molecule has 0 aromatic heterocycles. The molecule has 3 amide bonds. The minimum Gasteiger partial charge on any atom is -0.396 e. The van der Waals surface area contributed by atoms with E-state index < -0.39 is 29.0 Å². The molecule has 0 saturated carbocycles. The van der Waals surface area contributed by atoms with Crippen LogP contribution in [0.15, 0.2) is 0 Å². The molecule has 5 atom stereocenters. The molecule has 3 aliphatic heterocycles. The second kappa shape index (κ2) is 8.22. The smallest absolute Gasteiger partial charge is 0.246 e. The standard InChI is InChI=1S/C21H35N3O5/c1-5-10-22-17(26)14-13-8-9-21(29-13)15(14)19(28)24(11-6-7-12-25)16(21)18(27)23-20(2,3)4/h13-16,25H,5-12H2,1-4H3,(H,22,26)(H,23,27)/t13-,14+,15-,16?,21?/m0/s1. The average molecular weight is 410 g/mol. The molecule has 1 spiro atoms. The van der Waals surface area contributed by atoms with Crippen molar-refractivity contribution in [3.05, 3.63) is 0 Å². The maximum atomic E-state index is 13.5. The van der Waals surface area contributed by atoms with Gasteiger partial charge in [-0.15, -0.1) is 0 Å². The Balaban J connectivity index is 1.92. The highest BCUT2D eigenvalue weighted by atomic mass is 16.5. The van der Waals surface area contributed by atoms with Gasteiger partial charge in [0.2, 0.25) is 17.7 Å². The van der Waals surface area contributed by atoms with Crippen LogP contribution in [0.3, 0.4) is 0 Å². The first-order valence-electron chi connectivity index (χ1n) is 10.8. The lowest BCUT2D eigenvalue weighted by atomic mass is 9.70. The van der Waals surface area contributed by atoms with Crippen molar-refractivity contribution in [3.8, 4) is 0 Å². The first-order valence-corrected chi connectivity index (χ1v) is 10.8. The second-order valence-electron chi connectivity index (χ2n) is 9.55. The zero-order valence-corrected chi connectivity index (χ0v) is 18.0. The monoisotopic (exact) mass is 409 g/mol. The Morgan fingerprint density at radius 1 is 1.28 bits per heavy atom. The predicted molar refractivity (Wildman–Crippen MR) is 107 cm³/mol. The number of fused-ring (bicyclic) bond motifs is 1. The van der Waals surface area contributed by atoms with Crippen molar-refractivity contribution in [3.63, 3.8) is 0 Å². The van der Waals surface area contributed by atoms with Crippen LogP contribution in [0.2, 0.25) is 0 Å². The van der Waals surface area contributed by atoms with Gasteiger partial charge in [0, 0.05) is 25.2 Å². The number of unbranched alkanes of at least 4 members (excludes halogenated alkanes) is 1. The third kappa shape index (κ3) is 3.89. The molecule has 8 heteroatoms. The van der Waals surface area contributed by atoms with Gasteiger partial charge in [0.15, 0.2) is 0 Å². The summed E-state index contributed by atoms with van der Waals surface area (Å²) in [6.07, 6.45) is 2.93. The third-order valence-corrected chi connectivity index (χ3v) is 6.21. The average Bonchev–Trinajstić information content (AvgIpc) is 3.26. The van der Waals surface area contributed by atoms with Crippen molar-refractivity contribution in [1.82, 2.24) is 15.5 Å². The highest BCUT2D eigenvalue weighted by Gasteiger charge is 2.74. The number of rotatable bonds is 8. The predicted octanol–water partition coefficient (Wildman–Crippen LogP) is 0.574. The first-order chi connectivity index (χ1) is 13.7. The van der Waals surface area contributed by atoms with E-state index in [0.29, 0.717) is 38.8 Å². The van der Waals surface area contributed by atoms with Crippen LogP contribution in [-0.2, 0) is 19.1 Å². The summed E-state index contributed by atoms with van der Waals surface area (Å²) in [4.78, 5) is 41.2. The van der Waals surface area contributed by atoms with Crippen molar-refractivity contribution in [2.24, 2.45) is 11.8 Å². The number of amides is 3. The second-order valence-corrected chi connectivity index (χ2v) is 9.55. The lowest BCUT2D eigenvalue weighted by Crippen LogP contribution is -2.58. The summed E-state index contributed by atoms with van der Waals surface area (Å²) in [5.74, 6) is -1.72. The normalized spacial score (nSPS) is 33.1. The highest BCUT2D eigenvalue weighted by molar-refractivity contribution is 5.99. The molecule has 3 heterocycles. The third-order valence-electron chi connectivity index (χ3n) is 6.21. The molecule has 3 rings (SSSR count). The van der Waals surface area contributed by atoms with Crippen LogP contribution in [0.1, 0.15) is 59.8 Å². The molecule has 3 saturated heterocycles. The van der Waals surface area contributed by atoms with E-state index in [1.807, 2.05) is 27.7 Å². The molecule has 0 radical (unpaired) electrons. The molecule has 8 nitrogen and oxygen atoms in total. The van der Waals surface area contributed by atoms with Gasteiger partial charge in [0.1, 0.15) is 11.6 Å². The van der Waals surface area contributed by atoms with E-state index in [1.54, 1.807) is 4.90 Å². The summed E-state index contributed by atoms with van der Waals surface area (Å²) in [6, 6.07) is -0.744. The zero-order valence-electron chi connectivity index (χ0n) is 18.0. The molecule has 3 aliphatic rings. The molecular formula is C21H35N3O5. The van der Waals surface area contributed by atoms with E-state index in [2.05, 4.69) is 10.6 Å². The Hall–Kier alpha value is -1.67. The zero-order chi connectivity index (χ0) is 21.4. The van der Waals surface area contributed by atoms with E-state index in [4.69, 9.17) is 9.84 Å². The molecule has 2 bridgehead atoms. The van der Waals surface area contributed by atoms with Crippen molar-refractivity contribution in [2.75, 3.05) is 19.7 Å². The van der Waals surface area contributed by atoms with Crippen LogP contribution in [0.25, 0.3) is 0 Å². The van der Waals surface area contributed by atoms with Gasteiger partial charge in [-0.25, -0.2) is 0 Å². The van der Waals surface area contributed by atoms with E-state index >= 15 is 0 Å². The van der Waals surface area contributed by atoms with Crippen LogP contribution in [-0.4, -0.2) is 70.7 Å². The van der Waals surface area contributed by atoms with E-state index in [1.165, 1.54) is 0 Å². The van der Waals surface area contributed by atoms with Crippen molar-refractivity contribution in [1.29, 1.82) is 0 Å². The Bertz CT molecular complexity index is 661. The topological polar surface area (TPSA) is 108 Å². The Kier molecular flexibility index (Phi) is 6.24. The summed E-state index contributed by atoms with van der Waals surface area (Å²) in [6.45, 7) is 8.66. The number of aliphatic hydroxyl groups is 1. The number of nitrogens with one attached hydrogen (secondary N) is 2. The number of carbonyl (C=O) groups excluding carboxylic acids is 3. The quantitative estimate of drug-likeness (QED) is 0.508. The Morgan fingerprint density at radius 3 is 2.62 bits per heavy atom. The van der Waals surface area contributed by atoms with E-state index in [-0.39, 0.29) is 30.4 Å². The number of likely N-dealkylation sites (tertiary alicyclic amines) is 1. The summed E-state index contributed by atoms with van der Waals surface area (Å²) in [5, 5.41) is 15.1. The number of hydrogen-bond acceptors (Lipinski definition) is 5. The van der Waals surface area contributed by atoms with Gasteiger partial charge in [-0.05, 0) is 52.9 Å². The molecule has 164 valence electrons. The van der Waals surface area contributed by atoms with Gasteiger partial charge in [-0.1, -0.05) is 6.92 Å². The fourth-order valence-electron chi connectivity index (χ4n) is 5.19. The van der Waals surface area contributed by atoms with Gasteiger partial charge in [0.05, 0.1) is 17.9 Å². The molecule has 0 aromatic rings. The van der Waals surface area contributed by atoms with Crippen LogP contribution >= 0.6 is 0 Å². The van der Waals surface area contributed by atoms with Gasteiger partial charge in [-0.3, -0.25) is 14.4 Å². The fraction of sp³-hybridized carbons (Fsp3) is 0.857. The van der Waals surface area contributed by atoms with Crippen LogP contribution in [0.4, 0.5) is 0 Å². The molecule has 0 aromatic carbocycles. The maximum absolute atomic E-state index is 13.5. The number of ether oxygens (including phenoxy) is 1. The van der Waals surface area contributed by atoms with Gasteiger partial charge < -0.3 is 25.4 Å². The summed E-state index contributed by atoms with van der Waals surface area (Å²) in [5.41, 5.74) is -1.38. The largest absolute Gasteiger partial charge is 0.396 e. The van der Waals surface area contributed by atoms with Crippen LogP contribution in [0, 0.1) is 11.8 Å². The highest BCUT2D eigenvalue weighted by Crippen LogP contribution is 2.58. The number of nitrogens with zero attached hydrogens (tertiary/aromatic N) is 1. The number of hydrogen-bond donors (Lipinski definition) is 3. The molecule has 2 unspecified atom stereocenters. The molecule has 3 fully saturated rings. The van der Waals surface area contributed by atoms with Crippen molar-refractivity contribution in [2.45, 2.75) is 83.1 Å². The van der Waals surface area contributed by atoms with Gasteiger partial charge in [-0.2, -0.15) is 0 Å². The van der Waals surface area contributed by atoms with Crippen molar-refractivity contribution < 1.29 is 24.2 Å². The van der Waals surface area contributed by atoms with E-state index in [0.717, 1.165) is 6.42 Å². The summed E-state index contributed by atoms with van der Waals surface area (Å²) >= 11 is 0. The minimum atomic E-state index is -0.940. The summed E-state index contributed by atoms with van der Waals surface area (Å²) < 4.78 is 6.32. The number of carbonyl (C=O) groups is 3.